The number of hydrogen-bond donors (Lipinski definition) is 2. The fourth-order valence-electron chi connectivity index (χ4n) is 0.106. The van der Waals surface area contributed by atoms with Crippen LogP contribution in [0, 0.1) is 5.92 Å². The van der Waals surface area contributed by atoms with Crippen LogP contribution in [-0.4, -0.2) is 92.4 Å². The number of carboxylic acids is 2. The predicted molar refractivity (Wildman–Crippen MR) is 38.7 cm³/mol. The Morgan fingerprint density at radius 1 is 1.20 bits per heavy atom. The van der Waals surface area contributed by atoms with Crippen LogP contribution in [0.25, 0.3) is 0 Å². The van der Waals surface area contributed by atoms with Crippen LogP contribution in [0.2, 0.25) is 0 Å². The molecule has 0 atom stereocenters. The van der Waals surface area contributed by atoms with E-state index in [0.717, 1.165) is 6.92 Å². The maximum atomic E-state index is 9.76. The molecule has 0 saturated heterocycles. The van der Waals surface area contributed by atoms with Gasteiger partial charge in [0.25, 0.3) is 0 Å². The summed E-state index contributed by atoms with van der Waals surface area (Å²) in [6.07, 6.45) is 0. The molecule has 0 aromatic rings. The van der Waals surface area contributed by atoms with Crippen molar-refractivity contribution in [1.82, 2.24) is 0 Å². The molecule has 0 bridgehead atoms. The summed E-state index contributed by atoms with van der Waals surface area (Å²) in [5.41, 5.74) is 0. The van der Waals surface area contributed by atoms with Crippen LogP contribution in [0.15, 0.2) is 0 Å². The van der Waals surface area contributed by atoms with Crippen molar-refractivity contribution in [3.8, 4) is 0 Å². The molecule has 4 nitrogen and oxygen atoms in total. The van der Waals surface area contributed by atoms with E-state index in [0.29, 0.717) is 0 Å². The summed E-state index contributed by atoms with van der Waals surface area (Å²) in [5.74, 6) is -3.91. The van der Waals surface area contributed by atoms with Crippen LogP contribution in [0.1, 0.15) is 6.92 Å². The standard InChI is InChI=1S/C4H6O4.K.Li.2H/c1-2(3(5)6)4(7)8;;;;/h2H,1H3,(H,5,6)(H,7,8);;;;. The molecule has 0 unspecified atom stereocenters. The first-order valence-corrected chi connectivity index (χ1v) is 2.01. The average Bonchev–Trinajstić information content (AvgIpc) is 1.64. The zero-order valence-electron chi connectivity index (χ0n) is 4.29. The van der Waals surface area contributed by atoms with Gasteiger partial charge in [0, 0.05) is 0 Å². The topological polar surface area (TPSA) is 74.6 Å². The Balaban J connectivity index is -0.000000245. The Morgan fingerprint density at radius 2 is 1.40 bits per heavy atom. The molecule has 0 rings (SSSR count). The van der Waals surface area contributed by atoms with E-state index in [9.17, 15) is 9.59 Å². The third-order valence-corrected chi connectivity index (χ3v) is 0.741. The zero-order chi connectivity index (χ0) is 6.73. The molecule has 10 heavy (non-hydrogen) atoms. The van der Waals surface area contributed by atoms with Gasteiger partial charge in [-0.2, -0.15) is 0 Å². The molecule has 0 aliphatic rings. The van der Waals surface area contributed by atoms with E-state index in [-0.39, 0.29) is 70.2 Å². The van der Waals surface area contributed by atoms with Crippen LogP contribution in [0.5, 0.6) is 0 Å². The molecule has 0 aliphatic heterocycles. The molecule has 0 amide bonds. The Bertz CT molecular complexity index is 112. The van der Waals surface area contributed by atoms with Gasteiger partial charge in [-0.25, -0.2) is 0 Å². The van der Waals surface area contributed by atoms with Gasteiger partial charge in [0.1, 0.15) is 0 Å². The van der Waals surface area contributed by atoms with Crippen LogP contribution >= 0.6 is 0 Å². The van der Waals surface area contributed by atoms with Crippen LogP contribution < -0.4 is 0 Å². The summed E-state index contributed by atoms with van der Waals surface area (Å²) in [4.78, 5) is 19.5. The van der Waals surface area contributed by atoms with E-state index in [1.54, 1.807) is 0 Å². The number of rotatable bonds is 2. The zero-order valence-corrected chi connectivity index (χ0v) is 4.29. The molecule has 0 aliphatic carbocycles. The van der Waals surface area contributed by atoms with Crippen LogP contribution in [0.3, 0.4) is 0 Å². The predicted octanol–water partition coefficient (Wildman–Crippen LogP) is -1.51. The first-order chi connectivity index (χ1) is 3.55. The minimum absolute atomic E-state index is 0. The van der Waals surface area contributed by atoms with Gasteiger partial charge in [-0.15, -0.1) is 0 Å². The van der Waals surface area contributed by atoms with Crippen molar-refractivity contribution in [2.24, 2.45) is 5.92 Å². The summed E-state index contributed by atoms with van der Waals surface area (Å²) in [6.45, 7) is 1.12. The summed E-state index contributed by atoms with van der Waals surface area (Å²) in [6, 6.07) is 0. The summed E-state index contributed by atoms with van der Waals surface area (Å²) >= 11 is 0. The van der Waals surface area contributed by atoms with Gasteiger partial charge < -0.3 is 10.2 Å². The van der Waals surface area contributed by atoms with Gasteiger partial charge in [0.05, 0.1) is 0 Å². The molecule has 0 saturated carbocycles. The number of hydrogen-bond acceptors (Lipinski definition) is 2. The van der Waals surface area contributed by atoms with Crippen LogP contribution in [0.4, 0.5) is 0 Å². The molecule has 0 fully saturated rings. The van der Waals surface area contributed by atoms with Crippen molar-refractivity contribution >= 4 is 82.2 Å². The third kappa shape index (κ3) is 7.28. The van der Waals surface area contributed by atoms with E-state index >= 15 is 0 Å². The van der Waals surface area contributed by atoms with Gasteiger partial charge in [0.15, 0.2) is 5.92 Å². The van der Waals surface area contributed by atoms with E-state index in [1.807, 2.05) is 0 Å². The minimum atomic E-state index is -1.31. The molecule has 6 heteroatoms. The van der Waals surface area contributed by atoms with Gasteiger partial charge in [-0.05, 0) is 6.92 Å². The quantitative estimate of drug-likeness (QED) is 0.386. The normalized spacial score (nSPS) is 7.40. The van der Waals surface area contributed by atoms with Crippen LogP contribution in [-0.2, 0) is 9.59 Å². The number of carboxylic acid groups (broad SMARTS) is 2. The molecule has 2 N–H and O–H groups in total. The molecule has 0 heterocycles. The molecular formula is C4H8KLiO4. The molecule has 0 aromatic carbocycles. The molecular weight excluding hydrogens is 158 g/mol. The van der Waals surface area contributed by atoms with E-state index in [4.69, 9.17) is 10.2 Å². The Labute approximate surface area is 113 Å². The Kier molecular flexibility index (Phi) is 14.3. The monoisotopic (exact) mass is 166 g/mol. The van der Waals surface area contributed by atoms with Crippen molar-refractivity contribution < 1.29 is 19.8 Å². The fraction of sp³-hybridized carbons (Fsp3) is 0.500. The second kappa shape index (κ2) is 8.27. The third-order valence-electron chi connectivity index (χ3n) is 0.741. The molecule has 0 spiro atoms. The second-order valence-electron chi connectivity index (χ2n) is 1.40. The second-order valence-corrected chi connectivity index (χ2v) is 1.40. The van der Waals surface area contributed by atoms with Gasteiger partial charge >= 0.3 is 82.2 Å². The number of aliphatic carboxylic acids is 2. The first-order valence-electron chi connectivity index (χ1n) is 2.01. The fourth-order valence-corrected chi connectivity index (χ4v) is 0.106. The Hall–Kier alpha value is 1.17. The van der Waals surface area contributed by atoms with Crippen molar-refractivity contribution in [2.45, 2.75) is 6.92 Å². The Morgan fingerprint density at radius 3 is 1.40 bits per heavy atom. The molecule has 0 radical (unpaired) electrons. The van der Waals surface area contributed by atoms with E-state index in [2.05, 4.69) is 0 Å². The summed E-state index contributed by atoms with van der Waals surface area (Å²) in [7, 11) is 0. The molecule has 0 aromatic heterocycles. The van der Waals surface area contributed by atoms with E-state index < -0.39 is 17.9 Å². The van der Waals surface area contributed by atoms with Gasteiger partial charge in [-0.1, -0.05) is 0 Å². The van der Waals surface area contributed by atoms with Gasteiger partial charge in [0.2, 0.25) is 0 Å². The number of carbonyl (C=O) groups is 2. The maximum absolute atomic E-state index is 9.76. The van der Waals surface area contributed by atoms with Crippen molar-refractivity contribution in [3.63, 3.8) is 0 Å². The summed E-state index contributed by atoms with van der Waals surface area (Å²) < 4.78 is 0. The SMILES string of the molecule is CC(C(=O)O)C(=O)O.[KH].[LiH]. The van der Waals surface area contributed by atoms with Crippen molar-refractivity contribution in [3.05, 3.63) is 0 Å². The summed E-state index contributed by atoms with van der Waals surface area (Å²) in [5, 5.41) is 15.9. The van der Waals surface area contributed by atoms with Crippen molar-refractivity contribution in [2.75, 3.05) is 0 Å². The van der Waals surface area contributed by atoms with Gasteiger partial charge in [-0.3, -0.25) is 9.59 Å². The average molecular weight is 166 g/mol. The van der Waals surface area contributed by atoms with E-state index in [1.165, 1.54) is 0 Å². The van der Waals surface area contributed by atoms with Crippen molar-refractivity contribution in [1.29, 1.82) is 0 Å². The molecule has 50 valence electrons. The first kappa shape index (κ1) is 17.3.